The van der Waals surface area contributed by atoms with Gasteiger partial charge in [-0.05, 0) is 44.6 Å². The predicted octanol–water partition coefficient (Wildman–Crippen LogP) is 4.05. The summed E-state index contributed by atoms with van der Waals surface area (Å²) in [6.07, 6.45) is 7.60. The van der Waals surface area contributed by atoms with E-state index in [9.17, 15) is 9.18 Å². The Labute approximate surface area is 144 Å². The minimum absolute atomic E-state index is 0.0846. The van der Waals surface area contributed by atoms with E-state index in [4.69, 9.17) is 0 Å². The first-order valence-corrected chi connectivity index (χ1v) is 9.41. The minimum Gasteiger partial charge on any atom is -0.353 e. The maximum atomic E-state index is 14.0. The lowest BCUT2D eigenvalue weighted by atomic mass is 9.99. The molecule has 0 bridgehead atoms. The van der Waals surface area contributed by atoms with E-state index in [0.717, 1.165) is 31.5 Å². The molecule has 0 aromatic heterocycles. The summed E-state index contributed by atoms with van der Waals surface area (Å²) in [5.74, 6) is 0.700. The van der Waals surface area contributed by atoms with Gasteiger partial charge in [0.25, 0.3) is 0 Å². The normalized spacial score (nSPS) is 21.8. The number of piperidine rings is 1. The molecule has 0 radical (unpaired) electrons. The molecule has 0 spiro atoms. The first-order chi connectivity index (χ1) is 11.6. The number of carbonyl (C=O) groups excluding carboxylic acids is 1. The monoisotopic (exact) mass is 332 g/mol. The van der Waals surface area contributed by atoms with Gasteiger partial charge in [-0.3, -0.25) is 9.69 Å². The number of hydrogen-bond donors (Lipinski definition) is 1. The van der Waals surface area contributed by atoms with Gasteiger partial charge in [0.15, 0.2) is 0 Å². The van der Waals surface area contributed by atoms with Crippen LogP contribution < -0.4 is 5.32 Å². The van der Waals surface area contributed by atoms with Gasteiger partial charge in [-0.25, -0.2) is 4.39 Å². The molecular formula is C20H29FN2O. The molecule has 1 saturated heterocycles. The summed E-state index contributed by atoms with van der Waals surface area (Å²) >= 11 is 0. The SMILES string of the molecule is CC(c1ccccc1F)N1CCC(NC(=O)CC2CCCC2)CC1. The topological polar surface area (TPSA) is 32.3 Å². The van der Waals surface area contributed by atoms with Crippen LogP contribution in [0.3, 0.4) is 0 Å². The second-order valence-electron chi connectivity index (χ2n) is 7.43. The molecule has 3 nitrogen and oxygen atoms in total. The third-order valence-electron chi connectivity index (χ3n) is 5.75. The molecule has 24 heavy (non-hydrogen) atoms. The highest BCUT2D eigenvalue weighted by Gasteiger charge is 2.26. The Hall–Kier alpha value is -1.42. The maximum Gasteiger partial charge on any atom is 0.220 e. The second kappa shape index (κ2) is 8.11. The van der Waals surface area contributed by atoms with Crippen LogP contribution in [0.1, 0.15) is 63.5 Å². The van der Waals surface area contributed by atoms with Gasteiger partial charge in [-0.15, -0.1) is 0 Å². The van der Waals surface area contributed by atoms with E-state index in [0.29, 0.717) is 12.3 Å². The molecule has 1 aromatic rings. The van der Waals surface area contributed by atoms with E-state index >= 15 is 0 Å². The lowest BCUT2D eigenvalue weighted by molar-refractivity contribution is -0.123. The van der Waals surface area contributed by atoms with Crippen molar-refractivity contribution < 1.29 is 9.18 Å². The van der Waals surface area contributed by atoms with Crippen LogP contribution in [-0.4, -0.2) is 29.9 Å². The molecule has 2 fully saturated rings. The van der Waals surface area contributed by atoms with Gasteiger partial charge >= 0.3 is 0 Å². The van der Waals surface area contributed by atoms with Crippen molar-refractivity contribution in [3.63, 3.8) is 0 Å². The van der Waals surface area contributed by atoms with Crippen molar-refractivity contribution in [1.82, 2.24) is 10.2 Å². The molecule has 1 aliphatic carbocycles. The van der Waals surface area contributed by atoms with Gasteiger partial charge < -0.3 is 5.32 Å². The first-order valence-electron chi connectivity index (χ1n) is 9.41. The molecular weight excluding hydrogens is 303 g/mol. The van der Waals surface area contributed by atoms with E-state index in [1.807, 2.05) is 12.1 Å². The van der Waals surface area contributed by atoms with Crippen molar-refractivity contribution >= 4 is 5.91 Å². The average molecular weight is 332 g/mol. The smallest absolute Gasteiger partial charge is 0.220 e. The fourth-order valence-corrected chi connectivity index (χ4v) is 4.20. The van der Waals surface area contributed by atoms with Gasteiger partial charge in [-0.2, -0.15) is 0 Å². The number of hydrogen-bond acceptors (Lipinski definition) is 2. The zero-order valence-corrected chi connectivity index (χ0v) is 14.6. The van der Waals surface area contributed by atoms with E-state index < -0.39 is 0 Å². The van der Waals surface area contributed by atoms with Gasteiger partial charge in [0.1, 0.15) is 5.82 Å². The predicted molar refractivity (Wildman–Crippen MR) is 94.1 cm³/mol. The van der Waals surface area contributed by atoms with Gasteiger partial charge in [0, 0.05) is 37.2 Å². The molecule has 1 heterocycles. The van der Waals surface area contributed by atoms with Crippen LogP contribution in [0, 0.1) is 11.7 Å². The van der Waals surface area contributed by atoms with E-state index in [1.165, 1.54) is 31.7 Å². The quantitative estimate of drug-likeness (QED) is 0.882. The number of benzene rings is 1. The summed E-state index contributed by atoms with van der Waals surface area (Å²) in [6, 6.07) is 7.39. The van der Waals surface area contributed by atoms with E-state index in [-0.39, 0.29) is 23.8 Å². The van der Waals surface area contributed by atoms with Crippen molar-refractivity contribution in [3.05, 3.63) is 35.6 Å². The zero-order valence-electron chi connectivity index (χ0n) is 14.6. The highest BCUT2D eigenvalue weighted by atomic mass is 19.1. The molecule has 1 N–H and O–H groups in total. The summed E-state index contributed by atoms with van der Waals surface area (Å²) in [7, 11) is 0. The molecule has 1 aromatic carbocycles. The average Bonchev–Trinajstić information content (AvgIpc) is 3.08. The number of nitrogens with zero attached hydrogens (tertiary/aromatic N) is 1. The van der Waals surface area contributed by atoms with Crippen molar-refractivity contribution in [2.24, 2.45) is 5.92 Å². The zero-order chi connectivity index (χ0) is 16.9. The summed E-state index contributed by atoms with van der Waals surface area (Å²) < 4.78 is 14.0. The Morgan fingerprint density at radius 3 is 2.54 bits per heavy atom. The van der Waals surface area contributed by atoms with Crippen LogP contribution in [0.5, 0.6) is 0 Å². The Bertz CT molecular complexity index is 548. The minimum atomic E-state index is -0.128. The summed E-state index contributed by atoms with van der Waals surface area (Å²) in [5, 5.41) is 3.22. The molecule has 1 amide bonds. The van der Waals surface area contributed by atoms with Crippen LogP contribution in [-0.2, 0) is 4.79 Å². The summed E-state index contributed by atoms with van der Waals surface area (Å²) in [6.45, 7) is 3.88. The van der Waals surface area contributed by atoms with Crippen molar-refractivity contribution in [2.75, 3.05) is 13.1 Å². The third kappa shape index (κ3) is 4.35. The highest BCUT2D eigenvalue weighted by Crippen LogP contribution is 2.28. The van der Waals surface area contributed by atoms with Gasteiger partial charge in [0.2, 0.25) is 5.91 Å². The highest BCUT2D eigenvalue weighted by molar-refractivity contribution is 5.76. The summed E-state index contributed by atoms with van der Waals surface area (Å²) in [4.78, 5) is 14.5. The Morgan fingerprint density at radius 1 is 1.21 bits per heavy atom. The molecule has 1 unspecified atom stereocenters. The van der Waals surface area contributed by atoms with Crippen LogP contribution in [0.25, 0.3) is 0 Å². The van der Waals surface area contributed by atoms with E-state index in [2.05, 4.69) is 17.1 Å². The molecule has 4 heteroatoms. The van der Waals surface area contributed by atoms with Crippen molar-refractivity contribution in [2.45, 2.75) is 64.0 Å². The molecule has 1 atom stereocenters. The molecule has 132 valence electrons. The molecule has 2 aliphatic rings. The second-order valence-corrected chi connectivity index (χ2v) is 7.43. The number of likely N-dealkylation sites (tertiary alicyclic amines) is 1. The number of rotatable bonds is 5. The van der Waals surface area contributed by atoms with Gasteiger partial charge in [-0.1, -0.05) is 31.0 Å². The number of carbonyl (C=O) groups is 1. The molecule has 1 saturated carbocycles. The molecule has 3 rings (SSSR count). The van der Waals surface area contributed by atoms with Crippen LogP contribution in [0.15, 0.2) is 24.3 Å². The lowest BCUT2D eigenvalue weighted by Gasteiger charge is -2.36. The van der Waals surface area contributed by atoms with Crippen LogP contribution >= 0.6 is 0 Å². The fourth-order valence-electron chi connectivity index (χ4n) is 4.20. The number of amides is 1. The van der Waals surface area contributed by atoms with Gasteiger partial charge in [0.05, 0.1) is 0 Å². The van der Waals surface area contributed by atoms with Crippen molar-refractivity contribution in [3.8, 4) is 0 Å². The largest absolute Gasteiger partial charge is 0.353 e. The number of nitrogens with one attached hydrogen (secondary N) is 1. The van der Waals surface area contributed by atoms with Crippen LogP contribution in [0.4, 0.5) is 4.39 Å². The third-order valence-corrected chi connectivity index (χ3v) is 5.75. The summed E-state index contributed by atoms with van der Waals surface area (Å²) in [5.41, 5.74) is 0.765. The Kier molecular flexibility index (Phi) is 5.88. The maximum absolute atomic E-state index is 14.0. The number of halogens is 1. The molecule has 1 aliphatic heterocycles. The Balaban J connectivity index is 1.45. The van der Waals surface area contributed by atoms with Crippen LogP contribution in [0.2, 0.25) is 0 Å². The fraction of sp³-hybridized carbons (Fsp3) is 0.650. The standard InChI is InChI=1S/C20H29FN2O/c1-15(18-8-4-5-9-19(18)21)23-12-10-17(11-13-23)22-20(24)14-16-6-2-3-7-16/h4-5,8-9,15-17H,2-3,6-7,10-14H2,1H3,(H,22,24). The first kappa shape index (κ1) is 17.4. The Morgan fingerprint density at radius 2 is 1.88 bits per heavy atom. The lowest BCUT2D eigenvalue weighted by Crippen LogP contribution is -2.45. The van der Waals surface area contributed by atoms with Crippen molar-refractivity contribution in [1.29, 1.82) is 0 Å². The van der Waals surface area contributed by atoms with E-state index in [1.54, 1.807) is 6.07 Å².